The molecular weight excluding hydrogens is 745 g/mol. The second-order valence-corrected chi connectivity index (χ2v) is 15.1. The molecule has 4 heterocycles. The highest BCUT2D eigenvalue weighted by atomic mass is 15.0. The van der Waals surface area contributed by atoms with Crippen LogP contribution in [0.2, 0.25) is 0 Å². The van der Waals surface area contributed by atoms with E-state index in [2.05, 4.69) is 149 Å². The highest BCUT2D eigenvalue weighted by Gasteiger charge is 2.21. The van der Waals surface area contributed by atoms with Gasteiger partial charge in [0.2, 0.25) is 0 Å². The maximum atomic E-state index is 5.21. The molecule has 288 valence electrons. The van der Waals surface area contributed by atoms with Crippen LogP contribution in [0.1, 0.15) is 6.92 Å². The molecule has 0 aliphatic rings. The monoisotopic (exact) mass is 782 g/mol. The van der Waals surface area contributed by atoms with Crippen molar-refractivity contribution in [2.75, 3.05) is 0 Å². The lowest BCUT2D eigenvalue weighted by Gasteiger charge is -2.14. The van der Waals surface area contributed by atoms with Crippen molar-refractivity contribution in [1.82, 2.24) is 28.9 Å². The topological polar surface area (TPSA) is 60.9 Å². The second kappa shape index (κ2) is 14.9. The number of hydrogen-bond acceptors (Lipinski definition) is 4. The molecule has 0 bridgehead atoms. The zero-order valence-corrected chi connectivity index (χ0v) is 33.4. The number of fused-ring (bicyclic) bond motifs is 12. The van der Waals surface area contributed by atoms with E-state index in [1.165, 1.54) is 27.1 Å². The Hall–Kier alpha value is -8.22. The molecule has 6 nitrogen and oxygen atoms in total. The van der Waals surface area contributed by atoms with Crippen LogP contribution in [0.4, 0.5) is 0 Å². The predicted molar refractivity (Wildman–Crippen MR) is 253 cm³/mol. The van der Waals surface area contributed by atoms with E-state index in [-0.39, 0.29) is 0 Å². The molecule has 6 heteroatoms. The van der Waals surface area contributed by atoms with Gasteiger partial charge < -0.3 is 4.57 Å². The normalized spacial score (nSPS) is 11.4. The summed E-state index contributed by atoms with van der Waals surface area (Å²) in [7, 11) is 0. The molecule has 0 unspecified atom stereocenters. The summed E-state index contributed by atoms with van der Waals surface area (Å²) in [5.74, 6) is 1.93. The van der Waals surface area contributed by atoms with Gasteiger partial charge in [0, 0.05) is 49.3 Å². The average molecular weight is 783 g/mol. The van der Waals surface area contributed by atoms with Crippen LogP contribution in [0.3, 0.4) is 0 Å². The van der Waals surface area contributed by atoms with E-state index in [0.717, 1.165) is 66.6 Å². The molecule has 8 aromatic carbocycles. The van der Waals surface area contributed by atoms with Crippen LogP contribution in [0, 0.1) is 0 Å². The first-order chi connectivity index (χ1) is 30.2. The van der Waals surface area contributed by atoms with Gasteiger partial charge in [-0.3, -0.25) is 4.40 Å². The molecule has 0 fully saturated rings. The molecule has 0 N–H and O–H groups in total. The van der Waals surface area contributed by atoms with Crippen molar-refractivity contribution in [2.45, 2.75) is 6.92 Å². The molecule has 12 aromatic rings. The number of aromatic nitrogens is 6. The number of pyridine rings is 1. The minimum Gasteiger partial charge on any atom is -0.309 e. The van der Waals surface area contributed by atoms with Crippen LogP contribution in [-0.2, 0) is 0 Å². The Kier molecular flexibility index (Phi) is 8.75. The van der Waals surface area contributed by atoms with Gasteiger partial charge in [-0.05, 0) is 66.6 Å². The smallest absolute Gasteiger partial charge is 0.164 e. The highest BCUT2D eigenvalue weighted by Crippen LogP contribution is 2.42. The fraction of sp³-hybridized carbons (Fsp3) is 0.0182. The maximum Gasteiger partial charge on any atom is 0.164 e. The molecule has 61 heavy (non-hydrogen) atoms. The summed E-state index contributed by atoms with van der Waals surface area (Å²) in [6.07, 6.45) is 1.75. The quantitative estimate of drug-likeness (QED) is 0.129. The van der Waals surface area contributed by atoms with Crippen LogP contribution in [0.25, 0.3) is 111 Å². The Morgan fingerprint density at radius 3 is 1.62 bits per heavy atom. The summed E-state index contributed by atoms with van der Waals surface area (Å²) < 4.78 is 4.75. The van der Waals surface area contributed by atoms with Crippen molar-refractivity contribution in [3.05, 3.63) is 207 Å². The van der Waals surface area contributed by atoms with Crippen LogP contribution in [0.5, 0.6) is 0 Å². The molecule has 0 saturated heterocycles. The lowest BCUT2D eigenvalue weighted by molar-refractivity contribution is 1.07. The van der Waals surface area contributed by atoms with E-state index >= 15 is 0 Å². The van der Waals surface area contributed by atoms with E-state index in [1.54, 1.807) is 6.08 Å². The van der Waals surface area contributed by atoms with Gasteiger partial charge in [-0.15, -0.1) is 6.58 Å². The van der Waals surface area contributed by atoms with Gasteiger partial charge in [0.25, 0.3) is 0 Å². The maximum absolute atomic E-state index is 5.21. The van der Waals surface area contributed by atoms with Gasteiger partial charge in [-0.2, -0.15) is 0 Å². The highest BCUT2D eigenvalue weighted by molar-refractivity contribution is 6.28. The first-order valence-corrected chi connectivity index (χ1v) is 20.5. The van der Waals surface area contributed by atoms with Crippen molar-refractivity contribution in [3.8, 4) is 51.0 Å². The number of benzene rings is 8. The number of rotatable bonds is 5. The van der Waals surface area contributed by atoms with E-state index in [9.17, 15) is 0 Å². The van der Waals surface area contributed by atoms with Gasteiger partial charge in [-0.25, -0.2) is 19.9 Å². The summed E-state index contributed by atoms with van der Waals surface area (Å²) in [6, 6.07) is 68.0. The number of imidazole rings is 1. The third-order valence-electron chi connectivity index (χ3n) is 11.3. The molecule has 0 radical (unpaired) electrons. The SMILES string of the molecule is C=CC.c1ccc(-c2nc(-c3ccccc3)nc(-c3cccc(-c4ccc(-n5c6ccccc6c6ccc7c(c8ccccc8n8c9ccccc9nc78)c65)cc4)c3)n2)cc1. The molecule has 0 amide bonds. The third-order valence-corrected chi connectivity index (χ3v) is 11.3. The second-order valence-electron chi connectivity index (χ2n) is 15.1. The molecule has 12 rings (SSSR count). The Bertz CT molecular complexity index is 3550. The molecule has 0 atom stereocenters. The Morgan fingerprint density at radius 1 is 0.410 bits per heavy atom. The van der Waals surface area contributed by atoms with E-state index in [0.29, 0.717) is 17.5 Å². The van der Waals surface area contributed by atoms with E-state index < -0.39 is 0 Å². The van der Waals surface area contributed by atoms with Crippen molar-refractivity contribution >= 4 is 60.2 Å². The van der Waals surface area contributed by atoms with Crippen molar-refractivity contribution < 1.29 is 0 Å². The summed E-state index contributed by atoms with van der Waals surface area (Å²) in [6.45, 7) is 5.25. The minimum atomic E-state index is 0.634. The van der Waals surface area contributed by atoms with Crippen molar-refractivity contribution in [3.63, 3.8) is 0 Å². The van der Waals surface area contributed by atoms with Gasteiger partial charge in [0.05, 0.1) is 27.6 Å². The first kappa shape index (κ1) is 35.9. The van der Waals surface area contributed by atoms with E-state index in [1.807, 2.05) is 67.6 Å². The predicted octanol–water partition coefficient (Wildman–Crippen LogP) is 13.9. The fourth-order valence-corrected chi connectivity index (χ4v) is 8.69. The lowest BCUT2D eigenvalue weighted by Crippen LogP contribution is -2.00. The first-order valence-electron chi connectivity index (χ1n) is 20.5. The Morgan fingerprint density at radius 2 is 0.934 bits per heavy atom. The van der Waals surface area contributed by atoms with Crippen LogP contribution in [0.15, 0.2) is 207 Å². The summed E-state index contributed by atoms with van der Waals surface area (Å²) in [4.78, 5) is 20.1. The van der Waals surface area contributed by atoms with E-state index in [4.69, 9.17) is 19.9 Å². The molecule has 4 aromatic heterocycles. The molecular formula is C55H38N6. The summed E-state index contributed by atoms with van der Waals surface area (Å²) >= 11 is 0. The largest absolute Gasteiger partial charge is 0.309 e. The van der Waals surface area contributed by atoms with Gasteiger partial charge in [0.15, 0.2) is 17.5 Å². The van der Waals surface area contributed by atoms with Crippen LogP contribution in [-0.4, -0.2) is 28.9 Å². The number of nitrogens with zero attached hydrogens (tertiary/aromatic N) is 6. The zero-order valence-electron chi connectivity index (χ0n) is 33.4. The molecule has 0 saturated carbocycles. The number of hydrogen-bond donors (Lipinski definition) is 0. The van der Waals surface area contributed by atoms with Gasteiger partial charge in [-0.1, -0.05) is 152 Å². The van der Waals surface area contributed by atoms with Crippen LogP contribution < -0.4 is 0 Å². The van der Waals surface area contributed by atoms with Crippen molar-refractivity contribution in [2.24, 2.45) is 0 Å². The lowest BCUT2D eigenvalue weighted by atomic mass is 10.0. The zero-order chi connectivity index (χ0) is 40.9. The molecule has 0 aliphatic heterocycles. The average Bonchev–Trinajstić information content (AvgIpc) is 3.89. The third kappa shape index (κ3) is 6.04. The molecule has 0 aliphatic carbocycles. The van der Waals surface area contributed by atoms with Gasteiger partial charge in [0.1, 0.15) is 5.65 Å². The standard InChI is InChI=1S/C52H32N6.C3H6/c1-3-14-34(15-4-1)49-54-50(35-16-5-2-6-17-35)56-51(55-49)37-19-13-18-36(32-37)33-26-28-38(29-27-33)57-44-23-10-7-20-39(44)40-30-31-42-47(48(40)57)41-21-8-11-24-45(41)58-46-25-12-9-22-43(46)53-52(42)58;1-3-2/h1-32H;3H,1H2,2H3. The number of allylic oxidation sites excluding steroid dienone is 1. The van der Waals surface area contributed by atoms with Gasteiger partial charge >= 0.3 is 0 Å². The van der Waals surface area contributed by atoms with Crippen LogP contribution >= 0.6 is 0 Å². The Labute approximate surface area is 352 Å². The Balaban J connectivity index is 0.00000136. The van der Waals surface area contributed by atoms with Crippen molar-refractivity contribution in [1.29, 1.82) is 0 Å². The molecule has 0 spiro atoms. The minimum absolute atomic E-state index is 0.634. The summed E-state index contributed by atoms with van der Waals surface area (Å²) in [5, 5.41) is 5.96. The number of para-hydroxylation sites is 4. The fourth-order valence-electron chi connectivity index (χ4n) is 8.69. The summed E-state index contributed by atoms with van der Waals surface area (Å²) in [5.41, 5.74) is 12.7.